The average molecular weight is 279 g/mol. The van der Waals surface area contributed by atoms with Crippen molar-refractivity contribution >= 4 is 8.32 Å². The number of rotatable bonds is 3. The maximum absolute atomic E-state index is 6.08. The molecule has 0 aromatic heterocycles. The minimum atomic E-state index is -1.46. The second-order valence-electron chi connectivity index (χ2n) is 8.58. The van der Waals surface area contributed by atoms with Crippen molar-refractivity contribution in [3.05, 3.63) is 0 Å². The molecule has 0 amide bonds. The molecule has 7 atom stereocenters. The van der Waals surface area contributed by atoms with E-state index in [0.29, 0.717) is 0 Å². The van der Waals surface area contributed by atoms with Gasteiger partial charge >= 0.3 is 0 Å². The summed E-state index contributed by atoms with van der Waals surface area (Å²) in [5.41, 5.74) is 0.987. The predicted octanol–water partition coefficient (Wildman–Crippen LogP) is 4.69. The Balaban J connectivity index is 1.62. The fraction of sp³-hybridized carbons (Fsp3) is 1.00. The van der Waals surface area contributed by atoms with Gasteiger partial charge in [0, 0.05) is 7.11 Å². The Morgan fingerprint density at radius 2 is 1.58 bits per heavy atom. The first-order chi connectivity index (χ1) is 9.10. The molecule has 4 aliphatic rings. The summed E-state index contributed by atoms with van der Waals surface area (Å²) in [5, 5.41) is 0. The van der Waals surface area contributed by atoms with Gasteiger partial charge in [0.1, 0.15) is 0 Å². The largest absolute Gasteiger partial charge is 0.420 e. The van der Waals surface area contributed by atoms with Gasteiger partial charge in [0.25, 0.3) is 0 Å². The van der Waals surface area contributed by atoms with Gasteiger partial charge in [-0.25, -0.2) is 0 Å². The Hall–Kier alpha value is 0.177. The van der Waals surface area contributed by atoms with Crippen molar-refractivity contribution in [2.75, 3.05) is 7.11 Å². The Bertz CT molecular complexity index is 366. The van der Waals surface area contributed by atoms with E-state index in [9.17, 15) is 0 Å². The molecule has 2 heteroatoms. The minimum absolute atomic E-state index is 0.987. The molecule has 0 aromatic rings. The fourth-order valence-electron chi connectivity index (χ4n) is 6.88. The monoisotopic (exact) mass is 278 g/mol. The summed E-state index contributed by atoms with van der Waals surface area (Å²) in [7, 11) is 0.540. The molecule has 4 bridgehead atoms. The van der Waals surface area contributed by atoms with E-state index in [-0.39, 0.29) is 0 Å². The predicted molar refractivity (Wildman–Crippen MR) is 81.5 cm³/mol. The van der Waals surface area contributed by atoms with E-state index in [2.05, 4.69) is 13.1 Å². The third kappa shape index (κ3) is 1.82. The molecule has 0 aliphatic heterocycles. The first-order valence-electron chi connectivity index (χ1n) is 8.65. The molecule has 4 fully saturated rings. The van der Waals surface area contributed by atoms with Gasteiger partial charge in [0.15, 0.2) is 8.32 Å². The van der Waals surface area contributed by atoms with Gasteiger partial charge in [0.2, 0.25) is 0 Å². The van der Waals surface area contributed by atoms with Gasteiger partial charge in [-0.15, -0.1) is 0 Å². The zero-order valence-corrected chi connectivity index (χ0v) is 13.9. The lowest BCUT2D eigenvalue weighted by atomic mass is 9.72. The first kappa shape index (κ1) is 12.9. The standard InChI is InChI=1S/C17H30OSi/c1-18-19(2,3)17-14-7-6-13(10-14)16(17)15-9-11-4-5-12(15)8-11/h11-17H,4-10H2,1-3H3. The molecule has 0 aromatic carbocycles. The van der Waals surface area contributed by atoms with E-state index in [4.69, 9.17) is 4.43 Å². The lowest BCUT2D eigenvalue weighted by molar-refractivity contribution is 0.153. The first-order valence-corrected chi connectivity index (χ1v) is 11.6. The van der Waals surface area contributed by atoms with Crippen LogP contribution in [0.2, 0.25) is 18.6 Å². The molecule has 7 unspecified atom stereocenters. The van der Waals surface area contributed by atoms with Crippen molar-refractivity contribution in [3.8, 4) is 0 Å². The van der Waals surface area contributed by atoms with E-state index in [0.717, 1.165) is 41.0 Å². The van der Waals surface area contributed by atoms with Crippen LogP contribution in [0.15, 0.2) is 0 Å². The zero-order valence-electron chi connectivity index (χ0n) is 12.9. The number of fused-ring (bicyclic) bond motifs is 4. The van der Waals surface area contributed by atoms with Gasteiger partial charge in [-0.05, 0) is 86.2 Å². The van der Waals surface area contributed by atoms with E-state index >= 15 is 0 Å². The van der Waals surface area contributed by atoms with Crippen LogP contribution in [0, 0.1) is 35.5 Å². The molecule has 4 saturated carbocycles. The Labute approximate surface area is 119 Å². The maximum Gasteiger partial charge on any atom is 0.189 e. The highest BCUT2D eigenvalue weighted by Crippen LogP contribution is 2.66. The third-order valence-corrected chi connectivity index (χ3v) is 11.1. The zero-order chi connectivity index (χ0) is 13.2. The molecule has 0 saturated heterocycles. The summed E-state index contributed by atoms with van der Waals surface area (Å²) in [6.07, 6.45) is 10.9. The molecule has 1 nitrogen and oxygen atoms in total. The summed E-state index contributed by atoms with van der Waals surface area (Å²) >= 11 is 0. The molecule has 108 valence electrons. The van der Waals surface area contributed by atoms with Crippen molar-refractivity contribution in [3.63, 3.8) is 0 Å². The quantitative estimate of drug-likeness (QED) is 0.681. The van der Waals surface area contributed by atoms with Crippen LogP contribution in [-0.4, -0.2) is 15.4 Å². The maximum atomic E-state index is 6.08. The molecular weight excluding hydrogens is 248 g/mol. The SMILES string of the molecule is CO[Si](C)(C)C1C2CCC(C2)C1C1CC2CCC1C2. The highest BCUT2D eigenvalue weighted by Gasteiger charge is 2.59. The van der Waals surface area contributed by atoms with Crippen molar-refractivity contribution < 1.29 is 4.43 Å². The van der Waals surface area contributed by atoms with E-state index in [1.54, 1.807) is 38.5 Å². The summed E-state index contributed by atoms with van der Waals surface area (Å²) in [4.78, 5) is 0. The van der Waals surface area contributed by atoms with Crippen LogP contribution < -0.4 is 0 Å². The van der Waals surface area contributed by atoms with Gasteiger partial charge < -0.3 is 4.43 Å². The molecule has 4 aliphatic carbocycles. The summed E-state index contributed by atoms with van der Waals surface area (Å²) in [6, 6.07) is 0. The molecular formula is C17H30OSi. The summed E-state index contributed by atoms with van der Waals surface area (Å²) < 4.78 is 6.08. The number of hydrogen-bond acceptors (Lipinski definition) is 1. The van der Waals surface area contributed by atoms with Crippen molar-refractivity contribution in [1.82, 2.24) is 0 Å². The second kappa shape index (κ2) is 4.33. The van der Waals surface area contributed by atoms with Crippen LogP contribution in [0.25, 0.3) is 0 Å². The molecule has 19 heavy (non-hydrogen) atoms. The van der Waals surface area contributed by atoms with E-state index in [1.165, 1.54) is 6.42 Å². The smallest absolute Gasteiger partial charge is 0.189 e. The van der Waals surface area contributed by atoms with E-state index < -0.39 is 8.32 Å². The average Bonchev–Trinajstić information content (AvgIpc) is 3.16. The van der Waals surface area contributed by atoms with Gasteiger partial charge in [-0.2, -0.15) is 0 Å². The van der Waals surface area contributed by atoms with Gasteiger partial charge in [0.05, 0.1) is 0 Å². The Morgan fingerprint density at radius 1 is 0.842 bits per heavy atom. The molecule has 0 heterocycles. The van der Waals surface area contributed by atoms with Crippen LogP contribution >= 0.6 is 0 Å². The Morgan fingerprint density at radius 3 is 2.21 bits per heavy atom. The number of hydrogen-bond donors (Lipinski definition) is 0. The van der Waals surface area contributed by atoms with Crippen molar-refractivity contribution in [2.45, 2.75) is 63.6 Å². The summed E-state index contributed by atoms with van der Waals surface area (Å²) in [6.45, 7) is 5.00. The van der Waals surface area contributed by atoms with Crippen LogP contribution in [0.3, 0.4) is 0 Å². The normalized spacial score (nSPS) is 52.3. The fourth-order valence-corrected chi connectivity index (χ4v) is 10.0. The minimum Gasteiger partial charge on any atom is -0.420 e. The summed E-state index contributed by atoms with van der Waals surface area (Å²) in [5.74, 6) is 6.51. The second-order valence-corrected chi connectivity index (χ2v) is 12.9. The Kier molecular flexibility index (Phi) is 2.94. The van der Waals surface area contributed by atoms with Gasteiger partial charge in [-0.3, -0.25) is 0 Å². The highest BCUT2D eigenvalue weighted by atomic mass is 28.4. The van der Waals surface area contributed by atoms with Crippen molar-refractivity contribution in [2.24, 2.45) is 35.5 Å². The van der Waals surface area contributed by atoms with Crippen LogP contribution in [-0.2, 0) is 4.43 Å². The molecule has 0 radical (unpaired) electrons. The van der Waals surface area contributed by atoms with E-state index in [1.807, 2.05) is 7.11 Å². The van der Waals surface area contributed by atoms with Crippen LogP contribution in [0.4, 0.5) is 0 Å². The highest BCUT2D eigenvalue weighted by molar-refractivity contribution is 6.72. The lowest BCUT2D eigenvalue weighted by Crippen LogP contribution is -2.44. The van der Waals surface area contributed by atoms with Crippen molar-refractivity contribution in [1.29, 1.82) is 0 Å². The topological polar surface area (TPSA) is 9.23 Å². The molecule has 4 rings (SSSR count). The van der Waals surface area contributed by atoms with Gasteiger partial charge in [-0.1, -0.05) is 12.8 Å². The van der Waals surface area contributed by atoms with Crippen LogP contribution in [0.5, 0.6) is 0 Å². The third-order valence-electron chi connectivity index (χ3n) is 7.60. The molecule has 0 N–H and O–H groups in total. The lowest BCUT2D eigenvalue weighted by Gasteiger charge is -2.44. The van der Waals surface area contributed by atoms with Crippen LogP contribution in [0.1, 0.15) is 44.9 Å². The molecule has 0 spiro atoms.